The molecule has 0 bridgehead atoms. The van der Waals surface area contributed by atoms with Crippen LogP contribution in [-0.4, -0.2) is 0 Å². The number of rotatable bonds is 4. The van der Waals surface area contributed by atoms with Crippen molar-refractivity contribution in [3.63, 3.8) is 0 Å². The summed E-state index contributed by atoms with van der Waals surface area (Å²) >= 11 is 0. The quantitative estimate of drug-likeness (QED) is 0.459. The molecular formula is C26H28. The zero-order valence-corrected chi connectivity index (χ0v) is 16.4. The van der Waals surface area contributed by atoms with Crippen LogP contribution in [0.4, 0.5) is 0 Å². The largest absolute Gasteiger partial charge is 0.0654 e. The topological polar surface area (TPSA) is 0 Å². The lowest BCUT2D eigenvalue weighted by Crippen LogP contribution is -2.00. The number of unbranched alkanes of at least 4 members (excludes halogenated alkanes) is 1. The van der Waals surface area contributed by atoms with E-state index in [1.165, 1.54) is 63.4 Å². The van der Waals surface area contributed by atoms with Crippen LogP contribution in [0.15, 0.2) is 48.0 Å². The highest BCUT2D eigenvalue weighted by Gasteiger charge is 2.23. The highest BCUT2D eigenvalue weighted by molar-refractivity contribution is 6.00. The smallest absolute Gasteiger partial charge is 0.00549 e. The maximum atomic E-state index is 2.50. The third-order valence-electron chi connectivity index (χ3n) is 6.21. The Hall–Kier alpha value is -2.34. The van der Waals surface area contributed by atoms with Gasteiger partial charge in [0, 0.05) is 0 Å². The van der Waals surface area contributed by atoms with Crippen LogP contribution in [0.1, 0.15) is 54.0 Å². The Kier molecular flexibility index (Phi) is 4.44. The Morgan fingerprint density at radius 3 is 2.42 bits per heavy atom. The molecule has 0 saturated carbocycles. The molecule has 3 aromatic carbocycles. The maximum absolute atomic E-state index is 2.50. The summed E-state index contributed by atoms with van der Waals surface area (Å²) in [4.78, 5) is 0. The first kappa shape index (κ1) is 17.1. The van der Waals surface area contributed by atoms with Gasteiger partial charge in [-0.15, -0.1) is 0 Å². The van der Waals surface area contributed by atoms with Crippen molar-refractivity contribution >= 4 is 16.8 Å². The van der Waals surface area contributed by atoms with Gasteiger partial charge in [0.15, 0.2) is 0 Å². The first-order chi connectivity index (χ1) is 12.6. The summed E-state index contributed by atoms with van der Waals surface area (Å²) in [5.41, 5.74) is 11.9. The fraction of sp³-hybridized carbons (Fsp3) is 0.308. The molecule has 0 N–H and O–H groups in total. The first-order valence-electron chi connectivity index (χ1n) is 9.92. The van der Waals surface area contributed by atoms with Crippen LogP contribution < -0.4 is 0 Å². The Morgan fingerprint density at radius 2 is 1.62 bits per heavy atom. The van der Waals surface area contributed by atoms with Crippen molar-refractivity contribution in [2.24, 2.45) is 0 Å². The third kappa shape index (κ3) is 2.69. The Labute approximate surface area is 157 Å². The highest BCUT2D eigenvalue weighted by Crippen LogP contribution is 2.43. The summed E-state index contributed by atoms with van der Waals surface area (Å²) in [6, 6.07) is 15.5. The molecule has 0 aliphatic heterocycles. The molecule has 0 saturated heterocycles. The monoisotopic (exact) mass is 340 g/mol. The third-order valence-corrected chi connectivity index (χ3v) is 6.21. The van der Waals surface area contributed by atoms with Gasteiger partial charge in [-0.25, -0.2) is 0 Å². The van der Waals surface area contributed by atoms with Crippen molar-refractivity contribution in [2.45, 2.75) is 53.4 Å². The first-order valence-corrected chi connectivity index (χ1v) is 9.92. The van der Waals surface area contributed by atoms with Gasteiger partial charge in [0.1, 0.15) is 0 Å². The SMILES string of the molecule is CCCCC1=Cc2c(c(C)c(C)c(C)c2-c2cccc3ccccc23)C1. The van der Waals surface area contributed by atoms with Crippen molar-refractivity contribution < 1.29 is 0 Å². The molecule has 0 amide bonds. The Bertz CT molecular complexity index is 1010. The van der Waals surface area contributed by atoms with Crippen LogP contribution in [0.3, 0.4) is 0 Å². The van der Waals surface area contributed by atoms with Crippen LogP contribution in [0, 0.1) is 20.8 Å². The molecule has 0 unspecified atom stereocenters. The predicted molar refractivity (Wildman–Crippen MR) is 115 cm³/mol. The van der Waals surface area contributed by atoms with E-state index in [0.717, 1.165) is 6.42 Å². The summed E-state index contributed by atoms with van der Waals surface area (Å²) in [6.07, 6.45) is 7.43. The number of hydrogen-bond acceptors (Lipinski definition) is 0. The average Bonchev–Trinajstić information content (AvgIpc) is 3.09. The van der Waals surface area contributed by atoms with Crippen molar-refractivity contribution in [3.05, 3.63) is 75.9 Å². The van der Waals surface area contributed by atoms with Gasteiger partial charge < -0.3 is 0 Å². The lowest BCUT2D eigenvalue weighted by Gasteiger charge is -2.19. The molecule has 0 atom stereocenters. The van der Waals surface area contributed by atoms with E-state index in [1.54, 1.807) is 11.1 Å². The van der Waals surface area contributed by atoms with Gasteiger partial charge in [-0.1, -0.05) is 67.5 Å². The van der Waals surface area contributed by atoms with Crippen molar-refractivity contribution in [3.8, 4) is 11.1 Å². The van der Waals surface area contributed by atoms with Gasteiger partial charge in [-0.3, -0.25) is 0 Å². The summed E-state index contributed by atoms with van der Waals surface area (Å²) in [5, 5.41) is 2.68. The summed E-state index contributed by atoms with van der Waals surface area (Å²) in [6.45, 7) is 9.19. The van der Waals surface area contributed by atoms with Gasteiger partial charge in [-0.05, 0) is 89.8 Å². The molecule has 1 aliphatic carbocycles. The van der Waals surface area contributed by atoms with Gasteiger partial charge in [-0.2, -0.15) is 0 Å². The predicted octanol–water partition coefficient (Wildman–Crippen LogP) is 7.56. The van der Waals surface area contributed by atoms with Gasteiger partial charge in [0.25, 0.3) is 0 Å². The zero-order chi connectivity index (χ0) is 18.3. The molecule has 4 rings (SSSR count). The molecule has 0 spiro atoms. The van der Waals surface area contributed by atoms with E-state index in [4.69, 9.17) is 0 Å². The summed E-state index contributed by atoms with van der Waals surface area (Å²) in [5.74, 6) is 0. The van der Waals surface area contributed by atoms with Crippen LogP contribution >= 0.6 is 0 Å². The van der Waals surface area contributed by atoms with E-state index in [2.05, 4.69) is 76.2 Å². The van der Waals surface area contributed by atoms with Gasteiger partial charge >= 0.3 is 0 Å². The second-order valence-electron chi connectivity index (χ2n) is 7.75. The molecule has 132 valence electrons. The molecule has 0 aromatic heterocycles. The minimum Gasteiger partial charge on any atom is -0.0654 e. The van der Waals surface area contributed by atoms with E-state index in [0.29, 0.717) is 0 Å². The molecule has 26 heavy (non-hydrogen) atoms. The summed E-state index contributed by atoms with van der Waals surface area (Å²) < 4.78 is 0. The van der Waals surface area contributed by atoms with E-state index in [-0.39, 0.29) is 0 Å². The fourth-order valence-electron chi connectivity index (χ4n) is 4.47. The standard InChI is InChI=1S/C26H28/c1-5-6-10-20-15-24-18(3)17(2)19(4)26(25(24)16-20)23-14-9-12-21-11-7-8-13-22(21)23/h7-9,11-14,16H,5-6,10,15H2,1-4H3. The average molecular weight is 341 g/mol. The maximum Gasteiger partial charge on any atom is -0.00549 e. The lowest BCUT2D eigenvalue weighted by atomic mass is 9.84. The minimum atomic E-state index is 1.14. The molecule has 0 radical (unpaired) electrons. The highest BCUT2D eigenvalue weighted by atomic mass is 14.3. The van der Waals surface area contributed by atoms with E-state index < -0.39 is 0 Å². The Balaban J connectivity index is 1.99. The van der Waals surface area contributed by atoms with Crippen LogP contribution in [0.2, 0.25) is 0 Å². The Morgan fingerprint density at radius 1 is 0.846 bits per heavy atom. The van der Waals surface area contributed by atoms with Crippen LogP contribution in [0.25, 0.3) is 28.0 Å². The molecular weight excluding hydrogens is 312 g/mol. The minimum absolute atomic E-state index is 1.14. The van der Waals surface area contributed by atoms with E-state index in [9.17, 15) is 0 Å². The van der Waals surface area contributed by atoms with Crippen LogP contribution in [-0.2, 0) is 6.42 Å². The second-order valence-corrected chi connectivity index (χ2v) is 7.75. The second kappa shape index (κ2) is 6.76. The number of allylic oxidation sites excluding steroid dienone is 1. The van der Waals surface area contributed by atoms with Crippen molar-refractivity contribution in [2.75, 3.05) is 0 Å². The van der Waals surface area contributed by atoms with Crippen LogP contribution in [0.5, 0.6) is 0 Å². The number of fused-ring (bicyclic) bond motifs is 2. The van der Waals surface area contributed by atoms with Crippen molar-refractivity contribution in [1.29, 1.82) is 0 Å². The fourth-order valence-corrected chi connectivity index (χ4v) is 4.47. The molecule has 3 aromatic rings. The van der Waals surface area contributed by atoms with Gasteiger partial charge in [0.2, 0.25) is 0 Å². The van der Waals surface area contributed by atoms with Crippen molar-refractivity contribution in [1.82, 2.24) is 0 Å². The molecule has 0 fully saturated rings. The number of benzene rings is 3. The molecule has 1 aliphatic rings. The number of hydrogen-bond donors (Lipinski definition) is 0. The van der Waals surface area contributed by atoms with E-state index in [1.807, 2.05) is 0 Å². The van der Waals surface area contributed by atoms with Gasteiger partial charge in [0.05, 0.1) is 0 Å². The molecule has 0 heteroatoms. The lowest BCUT2D eigenvalue weighted by molar-refractivity contribution is 0.779. The normalized spacial score (nSPS) is 13.2. The zero-order valence-electron chi connectivity index (χ0n) is 16.4. The van der Waals surface area contributed by atoms with E-state index >= 15 is 0 Å². The molecule has 0 nitrogen and oxygen atoms in total. The molecule has 0 heterocycles. The summed E-state index contributed by atoms with van der Waals surface area (Å²) in [7, 11) is 0.